The molecule has 2 atom stereocenters. The molecule has 0 radical (unpaired) electrons. The molecule has 8 heteroatoms. The molecule has 1 fully saturated rings. The first-order chi connectivity index (χ1) is 13.3. The number of hydrogen-bond acceptors (Lipinski definition) is 3. The summed E-state index contributed by atoms with van der Waals surface area (Å²) in [5, 5.41) is 1.55. The highest BCUT2D eigenvalue weighted by Crippen LogP contribution is 2.32. The zero-order valence-electron chi connectivity index (χ0n) is 16.5. The summed E-state index contributed by atoms with van der Waals surface area (Å²) in [6.07, 6.45) is 6.18. The standard InChI is InChI=1S/C20H26N4O3S/c1-13(2)12-28(26,27)23-8-5-14(3)17(11-23)24-9-6-18(25)16-10-22-20-15(19(16)24)4-7-21-20/h4,6-7,9-10,13-14,17H,5,8,11-12H2,1-3H3,(H,21,22)/p+1/t14-,17+/m1/s1. The van der Waals surface area contributed by atoms with Gasteiger partial charge in [-0.3, -0.25) is 4.79 Å². The number of nitrogens with zero attached hydrogens (tertiary/aromatic N) is 2. The van der Waals surface area contributed by atoms with Crippen LogP contribution in [0.4, 0.5) is 0 Å². The molecule has 1 aliphatic heterocycles. The molecule has 4 rings (SSSR count). The normalized spacial score (nSPS) is 21.7. The molecule has 0 aromatic carbocycles. The predicted molar refractivity (Wildman–Crippen MR) is 110 cm³/mol. The van der Waals surface area contributed by atoms with Gasteiger partial charge in [-0.2, -0.15) is 4.31 Å². The fraction of sp³-hybridized carbons (Fsp3) is 0.500. The highest BCUT2D eigenvalue weighted by molar-refractivity contribution is 7.89. The number of pyridine rings is 2. The number of aromatic amines is 2. The van der Waals surface area contributed by atoms with Crippen LogP contribution in [0.1, 0.15) is 33.2 Å². The Bertz CT molecular complexity index is 1180. The summed E-state index contributed by atoms with van der Waals surface area (Å²) in [5.41, 5.74) is 1.65. The lowest BCUT2D eigenvalue weighted by Crippen LogP contribution is -2.45. The number of rotatable bonds is 4. The third kappa shape index (κ3) is 3.24. The van der Waals surface area contributed by atoms with Crippen LogP contribution in [-0.4, -0.2) is 41.1 Å². The second-order valence-corrected chi connectivity index (χ2v) is 10.3. The zero-order chi connectivity index (χ0) is 20.1. The molecule has 4 heterocycles. The van der Waals surface area contributed by atoms with Gasteiger partial charge in [0.15, 0.2) is 5.43 Å². The zero-order valence-corrected chi connectivity index (χ0v) is 17.3. The second kappa shape index (κ2) is 7.00. The minimum Gasteiger partial charge on any atom is -0.342 e. The van der Waals surface area contributed by atoms with Gasteiger partial charge in [0.05, 0.1) is 34.3 Å². The van der Waals surface area contributed by atoms with Crippen LogP contribution < -0.4 is 10.4 Å². The van der Waals surface area contributed by atoms with E-state index in [2.05, 4.69) is 21.5 Å². The lowest BCUT2D eigenvalue weighted by Gasteiger charge is -2.38. The fourth-order valence-corrected chi connectivity index (χ4v) is 6.08. The summed E-state index contributed by atoms with van der Waals surface area (Å²) < 4.78 is 29.4. The Labute approximate surface area is 164 Å². The average molecular weight is 404 g/mol. The van der Waals surface area contributed by atoms with Gasteiger partial charge in [-0.25, -0.2) is 18.4 Å². The molecule has 1 saturated heterocycles. The van der Waals surface area contributed by atoms with Gasteiger partial charge in [0.2, 0.25) is 10.0 Å². The molecule has 0 amide bonds. The lowest BCUT2D eigenvalue weighted by atomic mass is 9.94. The quantitative estimate of drug-likeness (QED) is 0.724. The number of piperidine rings is 1. The Morgan fingerprint density at radius 1 is 1.29 bits per heavy atom. The highest BCUT2D eigenvalue weighted by atomic mass is 32.2. The van der Waals surface area contributed by atoms with Crippen molar-refractivity contribution in [1.82, 2.24) is 13.9 Å². The molecule has 28 heavy (non-hydrogen) atoms. The Hall–Kier alpha value is -2.19. The summed E-state index contributed by atoms with van der Waals surface area (Å²) in [7, 11) is -3.29. The van der Waals surface area contributed by atoms with Crippen molar-refractivity contribution in [2.24, 2.45) is 11.8 Å². The third-order valence-electron chi connectivity index (χ3n) is 5.70. The van der Waals surface area contributed by atoms with Gasteiger partial charge in [0, 0.05) is 25.4 Å². The van der Waals surface area contributed by atoms with E-state index < -0.39 is 10.0 Å². The van der Waals surface area contributed by atoms with Crippen molar-refractivity contribution in [1.29, 1.82) is 0 Å². The molecule has 3 aromatic heterocycles. The first-order valence-electron chi connectivity index (χ1n) is 9.78. The smallest absolute Gasteiger partial charge is 0.286 e. The largest absolute Gasteiger partial charge is 0.342 e. The number of aromatic nitrogens is 3. The van der Waals surface area contributed by atoms with Crippen LogP contribution in [0.15, 0.2) is 35.5 Å². The SMILES string of the molecule is CC(C)CS(=O)(=O)N1CC[C@@H](C)[C@@H](n2ccc(=O)c3c[nH+]c4[nH]ccc4c32)C1. The Morgan fingerprint density at radius 2 is 2.07 bits per heavy atom. The maximum atomic E-state index is 12.8. The van der Waals surface area contributed by atoms with Gasteiger partial charge < -0.3 is 4.57 Å². The van der Waals surface area contributed by atoms with Crippen molar-refractivity contribution in [2.75, 3.05) is 18.8 Å². The van der Waals surface area contributed by atoms with Crippen molar-refractivity contribution in [2.45, 2.75) is 33.2 Å². The summed E-state index contributed by atoms with van der Waals surface area (Å²) in [5.74, 6) is 0.552. The number of hydrogen-bond donors (Lipinski definition) is 1. The van der Waals surface area contributed by atoms with E-state index in [-0.39, 0.29) is 23.1 Å². The first kappa shape index (κ1) is 19.1. The first-order valence-corrected chi connectivity index (χ1v) is 11.4. The van der Waals surface area contributed by atoms with Gasteiger partial charge in [-0.1, -0.05) is 20.8 Å². The topological polar surface area (TPSA) is 89.3 Å². The van der Waals surface area contributed by atoms with E-state index in [9.17, 15) is 13.2 Å². The summed E-state index contributed by atoms with van der Waals surface area (Å²) in [6, 6.07) is 3.49. The van der Waals surface area contributed by atoms with Gasteiger partial charge in [-0.05, 0) is 24.3 Å². The van der Waals surface area contributed by atoms with E-state index in [4.69, 9.17) is 0 Å². The molecule has 150 valence electrons. The summed E-state index contributed by atoms with van der Waals surface area (Å²) >= 11 is 0. The van der Waals surface area contributed by atoms with Crippen LogP contribution in [0.5, 0.6) is 0 Å². The van der Waals surface area contributed by atoms with Crippen molar-refractivity contribution in [3.8, 4) is 0 Å². The molecule has 0 saturated carbocycles. The Morgan fingerprint density at radius 3 is 2.82 bits per heavy atom. The van der Waals surface area contributed by atoms with E-state index >= 15 is 0 Å². The Balaban J connectivity index is 1.83. The van der Waals surface area contributed by atoms with E-state index in [1.807, 2.05) is 32.3 Å². The molecule has 0 unspecified atom stereocenters. The van der Waals surface area contributed by atoms with Gasteiger partial charge in [-0.15, -0.1) is 0 Å². The maximum Gasteiger partial charge on any atom is 0.286 e. The summed E-state index contributed by atoms with van der Waals surface area (Å²) in [6.45, 7) is 6.99. The van der Waals surface area contributed by atoms with Crippen molar-refractivity contribution >= 4 is 32.0 Å². The van der Waals surface area contributed by atoms with E-state index in [1.54, 1.807) is 16.6 Å². The Kier molecular flexibility index (Phi) is 4.79. The molecule has 3 aromatic rings. The predicted octanol–water partition coefficient (Wildman–Crippen LogP) is 2.17. The minimum atomic E-state index is -3.29. The monoisotopic (exact) mass is 403 g/mol. The third-order valence-corrected chi connectivity index (χ3v) is 7.91. The molecule has 0 aliphatic carbocycles. The van der Waals surface area contributed by atoms with Crippen LogP contribution in [-0.2, 0) is 10.0 Å². The van der Waals surface area contributed by atoms with Crippen LogP contribution in [0.25, 0.3) is 21.9 Å². The van der Waals surface area contributed by atoms with Crippen LogP contribution in [0, 0.1) is 11.8 Å². The molecule has 1 aliphatic rings. The molecular weight excluding hydrogens is 376 g/mol. The maximum absolute atomic E-state index is 12.8. The second-order valence-electron chi connectivity index (χ2n) is 8.27. The molecule has 2 N–H and O–H groups in total. The molecule has 7 nitrogen and oxygen atoms in total. The van der Waals surface area contributed by atoms with Crippen LogP contribution >= 0.6 is 0 Å². The van der Waals surface area contributed by atoms with E-state index in [0.717, 1.165) is 23.0 Å². The van der Waals surface area contributed by atoms with Crippen LogP contribution in [0.3, 0.4) is 0 Å². The van der Waals surface area contributed by atoms with Gasteiger partial charge >= 0.3 is 0 Å². The van der Waals surface area contributed by atoms with Crippen LogP contribution in [0.2, 0.25) is 0 Å². The van der Waals surface area contributed by atoms with E-state index in [0.29, 0.717) is 24.4 Å². The average Bonchev–Trinajstić information content (AvgIpc) is 3.10. The number of fused-ring (bicyclic) bond motifs is 3. The highest BCUT2D eigenvalue weighted by Gasteiger charge is 2.34. The molecule has 0 spiro atoms. The molecule has 0 bridgehead atoms. The number of H-pyrrole nitrogens is 2. The van der Waals surface area contributed by atoms with Crippen molar-refractivity contribution in [3.05, 3.63) is 40.9 Å². The number of nitrogens with one attached hydrogen (secondary N) is 2. The lowest BCUT2D eigenvalue weighted by molar-refractivity contribution is -0.345. The summed E-state index contributed by atoms with van der Waals surface area (Å²) in [4.78, 5) is 18.7. The minimum absolute atomic E-state index is 0.0284. The molecular formula is C20H27N4O3S+. The van der Waals surface area contributed by atoms with Crippen molar-refractivity contribution < 1.29 is 13.4 Å². The fourth-order valence-electron chi connectivity index (χ4n) is 4.26. The van der Waals surface area contributed by atoms with Crippen molar-refractivity contribution in [3.63, 3.8) is 0 Å². The van der Waals surface area contributed by atoms with Gasteiger partial charge in [0.25, 0.3) is 5.65 Å². The number of sulfonamides is 1. The van der Waals surface area contributed by atoms with E-state index in [1.165, 1.54) is 0 Å². The van der Waals surface area contributed by atoms with Gasteiger partial charge in [0.1, 0.15) is 6.20 Å².